The van der Waals surface area contributed by atoms with Gasteiger partial charge in [-0.25, -0.2) is 18.2 Å². The Morgan fingerprint density at radius 2 is 2.09 bits per heavy atom. The SMILES string of the molecule is CC(=N)/C1=C(\NCC2CC2)c2cnc(N)c(c2)OCc2cc(F)ccc2N/C(=C\C(=N)C(F)F)C1. The fourth-order valence-corrected chi connectivity index (χ4v) is 3.77. The minimum atomic E-state index is -2.97. The number of alkyl halides is 2. The smallest absolute Gasteiger partial charge is 0.279 e. The molecule has 1 aromatic heterocycles. The van der Waals surface area contributed by atoms with Crippen LogP contribution in [0.4, 0.5) is 24.7 Å². The van der Waals surface area contributed by atoms with Crippen LogP contribution >= 0.6 is 0 Å². The number of aromatic nitrogens is 1. The number of nitrogens with two attached hydrogens (primary N) is 1. The highest BCUT2D eigenvalue weighted by molar-refractivity contribution is 6.04. The lowest BCUT2D eigenvalue weighted by Gasteiger charge is -2.22. The number of ether oxygens (including phenoxy) is 1. The number of hydrogen-bond acceptors (Lipinski definition) is 7. The van der Waals surface area contributed by atoms with E-state index in [0.29, 0.717) is 46.3 Å². The molecule has 1 aliphatic heterocycles. The van der Waals surface area contributed by atoms with Gasteiger partial charge in [0.25, 0.3) is 6.43 Å². The molecule has 10 heteroatoms. The van der Waals surface area contributed by atoms with Crippen LogP contribution in [0.2, 0.25) is 0 Å². The molecule has 1 aromatic carbocycles. The third kappa shape index (κ3) is 6.00. The van der Waals surface area contributed by atoms with E-state index in [0.717, 1.165) is 18.9 Å². The molecule has 35 heavy (non-hydrogen) atoms. The van der Waals surface area contributed by atoms with Gasteiger partial charge in [-0.15, -0.1) is 0 Å². The predicted molar refractivity (Wildman–Crippen MR) is 130 cm³/mol. The zero-order valence-corrected chi connectivity index (χ0v) is 19.2. The van der Waals surface area contributed by atoms with E-state index in [-0.39, 0.29) is 30.3 Å². The molecular weight excluding hydrogens is 457 g/mol. The van der Waals surface area contributed by atoms with Crippen LogP contribution in [0.3, 0.4) is 0 Å². The maximum Gasteiger partial charge on any atom is 0.279 e. The maximum atomic E-state index is 14.0. The molecule has 2 aliphatic rings. The third-order valence-corrected chi connectivity index (χ3v) is 5.87. The molecule has 184 valence electrons. The molecule has 4 rings (SSSR count). The molecule has 0 amide bonds. The number of nitrogens with zero attached hydrogens (tertiary/aromatic N) is 1. The molecule has 2 bridgehead atoms. The molecule has 7 nitrogen and oxygen atoms in total. The number of nitrogen functional groups attached to an aromatic ring is 1. The number of benzene rings is 1. The Kier molecular flexibility index (Phi) is 7.09. The van der Waals surface area contributed by atoms with Gasteiger partial charge in [-0.2, -0.15) is 0 Å². The Bertz CT molecular complexity index is 1220. The van der Waals surface area contributed by atoms with E-state index in [2.05, 4.69) is 15.6 Å². The number of rotatable bonds is 6. The quantitative estimate of drug-likeness (QED) is 0.365. The van der Waals surface area contributed by atoms with Crippen molar-refractivity contribution in [1.29, 1.82) is 10.8 Å². The van der Waals surface area contributed by atoms with Crippen molar-refractivity contribution < 1.29 is 17.9 Å². The summed E-state index contributed by atoms with van der Waals surface area (Å²) >= 11 is 0. The molecule has 1 aliphatic carbocycles. The molecular formula is C25H27F3N6O. The van der Waals surface area contributed by atoms with Crippen molar-refractivity contribution >= 4 is 28.6 Å². The predicted octanol–water partition coefficient (Wildman–Crippen LogP) is 5.12. The van der Waals surface area contributed by atoms with Crippen molar-refractivity contribution in [1.82, 2.24) is 10.3 Å². The molecule has 2 heterocycles. The van der Waals surface area contributed by atoms with Gasteiger partial charge in [0.1, 0.15) is 12.4 Å². The van der Waals surface area contributed by atoms with E-state index >= 15 is 0 Å². The van der Waals surface area contributed by atoms with Gasteiger partial charge in [0.05, 0.1) is 5.71 Å². The Morgan fingerprint density at radius 1 is 1.31 bits per heavy atom. The average Bonchev–Trinajstić information content (AvgIpc) is 3.63. The van der Waals surface area contributed by atoms with E-state index in [1.54, 1.807) is 19.2 Å². The second-order valence-electron chi connectivity index (χ2n) is 8.73. The number of allylic oxidation sites excluding steroid dienone is 2. The standard InChI is InChI=1S/C25H27F3N6O/c1-13(29)19-8-18(9-20(30)24(27)28)34-21-5-4-17(26)6-16(21)12-35-22-7-15(11-33-25(22)31)23(19)32-10-14-2-3-14/h4-7,9,11,14,24,29-30,32,34H,2-3,8,10,12H2,1H3,(H2,31,33)/b18-9-,23-19-,29-13?,30-20?. The van der Waals surface area contributed by atoms with Gasteiger partial charge in [0.2, 0.25) is 0 Å². The maximum absolute atomic E-state index is 14.0. The zero-order valence-electron chi connectivity index (χ0n) is 19.2. The minimum Gasteiger partial charge on any atom is -0.485 e. The summed E-state index contributed by atoms with van der Waals surface area (Å²) in [6, 6.07) is 5.70. The van der Waals surface area contributed by atoms with E-state index in [1.165, 1.54) is 18.2 Å². The largest absolute Gasteiger partial charge is 0.485 e. The molecule has 2 aromatic rings. The monoisotopic (exact) mass is 484 g/mol. The van der Waals surface area contributed by atoms with E-state index in [9.17, 15) is 13.2 Å². The van der Waals surface area contributed by atoms with E-state index < -0.39 is 18.0 Å². The summed E-state index contributed by atoms with van der Waals surface area (Å²) in [7, 11) is 0. The van der Waals surface area contributed by atoms with Gasteiger partial charge in [0.15, 0.2) is 11.6 Å². The summed E-state index contributed by atoms with van der Waals surface area (Å²) in [4.78, 5) is 4.25. The van der Waals surface area contributed by atoms with Crippen LogP contribution in [0, 0.1) is 22.6 Å². The topological polar surface area (TPSA) is 120 Å². The lowest BCUT2D eigenvalue weighted by molar-refractivity contribution is 0.226. The van der Waals surface area contributed by atoms with E-state index in [4.69, 9.17) is 21.3 Å². The Morgan fingerprint density at radius 3 is 2.77 bits per heavy atom. The molecule has 0 radical (unpaired) electrons. The third-order valence-electron chi connectivity index (χ3n) is 5.87. The Labute approximate surface area is 201 Å². The molecule has 0 unspecified atom stereocenters. The average molecular weight is 485 g/mol. The number of nitrogens with one attached hydrogen (secondary N) is 4. The van der Waals surface area contributed by atoms with Gasteiger partial charge in [-0.3, -0.25) is 5.41 Å². The zero-order chi connectivity index (χ0) is 25.1. The van der Waals surface area contributed by atoms with Crippen molar-refractivity contribution in [2.45, 2.75) is 39.2 Å². The van der Waals surface area contributed by atoms with Gasteiger partial charge in [-0.05, 0) is 56.0 Å². The number of anilines is 2. The second-order valence-corrected chi connectivity index (χ2v) is 8.73. The van der Waals surface area contributed by atoms with Crippen molar-refractivity contribution in [2.75, 3.05) is 17.6 Å². The van der Waals surface area contributed by atoms with Crippen molar-refractivity contribution in [2.24, 2.45) is 5.92 Å². The number of hydrogen-bond donors (Lipinski definition) is 5. The Balaban J connectivity index is 1.89. The summed E-state index contributed by atoms with van der Waals surface area (Å²) in [5, 5.41) is 22.7. The number of fused-ring (bicyclic) bond motifs is 3. The molecule has 0 atom stereocenters. The van der Waals surface area contributed by atoms with Crippen LogP contribution < -0.4 is 21.1 Å². The molecule has 1 fully saturated rings. The van der Waals surface area contributed by atoms with Crippen molar-refractivity contribution in [3.8, 4) is 5.75 Å². The second kappa shape index (κ2) is 10.2. The molecule has 1 saturated carbocycles. The van der Waals surface area contributed by atoms with E-state index in [1.807, 2.05) is 0 Å². The number of halogens is 3. The summed E-state index contributed by atoms with van der Waals surface area (Å²) in [5.74, 6) is 0.503. The van der Waals surface area contributed by atoms with Crippen LogP contribution in [-0.2, 0) is 6.61 Å². The van der Waals surface area contributed by atoms with Gasteiger partial charge >= 0.3 is 0 Å². The highest BCUT2D eigenvalue weighted by Crippen LogP contribution is 2.33. The van der Waals surface area contributed by atoms with Gasteiger partial charge in [-0.1, -0.05) is 0 Å². The van der Waals surface area contributed by atoms with Crippen LogP contribution in [-0.4, -0.2) is 29.4 Å². The first-order valence-corrected chi connectivity index (χ1v) is 11.2. The number of pyridine rings is 1. The van der Waals surface area contributed by atoms with Crippen LogP contribution in [0.25, 0.3) is 5.70 Å². The Hall–Kier alpha value is -3.82. The van der Waals surface area contributed by atoms with Crippen LogP contribution in [0.1, 0.15) is 37.3 Å². The summed E-state index contributed by atoms with van der Waals surface area (Å²) in [5.41, 5.74) is 8.28. The van der Waals surface area contributed by atoms with Gasteiger partial charge < -0.3 is 26.5 Å². The van der Waals surface area contributed by atoms with Crippen LogP contribution in [0.15, 0.2) is 47.8 Å². The molecule has 0 saturated heterocycles. The molecule has 0 spiro atoms. The minimum absolute atomic E-state index is 0.0504. The summed E-state index contributed by atoms with van der Waals surface area (Å²) in [6.07, 6.45) is 1.93. The van der Waals surface area contributed by atoms with Gasteiger partial charge in [0, 0.05) is 58.7 Å². The van der Waals surface area contributed by atoms with Crippen molar-refractivity contribution in [3.05, 3.63) is 64.8 Å². The summed E-state index contributed by atoms with van der Waals surface area (Å²) in [6.45, 7) is 2.25. The molecule has 6 N–H and O–H groups in total. The van der Waals surface area contributed by atoms with Crippen molar-refractivity contribution in [3.63, 3.8) is 0 Å². The summed E-state index contributed by atoms with van der Waals surface area (Å²) < 4.78 is 46.4. The lowest BCUT2D eigenvalue weighted by Crippen LogP contribution is -2.21. The van der Waals surface area contributed by atoms with Crippen LogP contribution in [0.5, 0.6) is 5.75 Å². The first kappa shape index (κ1) is 24.3. The normalized spacial score (nSPS) is 19.2. The highest BCUT2D eigenvalue weighted by Gasteiger charge is 2.24. The fraction of sp³-hybridized carbons (Fsp3) is 0.320. The highest BCUT2D eigenvalue weighted by atomic mass is 19.3. The first-order chi connectivity index (χ1) is 16.7. The lowest BCUT2D eigenvalue weighted by atomic mass is 9.98. The fourth-order valence-electron chi connectivity index (χ4n) is 3.77. The first-order valence-electron chi connectivity index (χ1n) is 11.2.